The van der Waals surface area contributed by atoms with Gasteiger partial charge in [-0.2, -0.15) is 0 Å². The van der Waals surface area contributed by atoms with Crippen LogP contribution in [-0.2, 0) is 21.1 Å². The molecule has 0 bridgehead atoms. The van der Waals surface area contributed by atoms with Gasteiger partial charge in [0.25, 0.3) is 5.91 Å². The van der Waals surface area contributed by atoms with Gasteiger partial charge in [0.15, 0.2) is 16.4 Å². The summed E-state index contributed by atoms with van der Waals surface area (Å²) < 4.78 is 28.6. The first-order valence-electron chi connectivity index (χ1n) is 7.26. The summed E-state index contributed by atoms with van der Waals surface area (Å²) in [6.45, 7) is 0.520. The van der Waals surface area contributed by atoms with E-state index in [-0.39, 0.29) is 17.4 Å². The molecule has 0 N–H and O–H groups in total. The van der Waals surface area contributed by atoms with Crippen LogP contribution in [0.3, 0.4) is 0 Å². The molecule has 1 aliphatic heterocycles. The topological polar surface area (TPSA) is 63.7 Å². The van der Waals surface area contributed by atoms with Crippen LogP contribution in [0.1, 0.15) is 5.56 Å². The predicted octanol–water partition coefficient (Wildman–Crippen LogP) is 2.06. The smallest absolute Gasteiger partial charge is 0.264 e. The van der Waals surface area contributed by atoms with Crippen molar-refractivity contribution in [3.63, 3.8) is 0 Å². The average Bonchev–Trinajstić information content (AvgIpc) is 2.96. The van der Waals surface area contributed by atoms with Gasteiger partial charge in [-0.1, -0.05) is 24.3 Å². The molecule has 0 aliphatic carbocycles. The SMILES string of the molecule is CS(=O)(=O)c1cccc(OCC(=O)N2CCc3ccccc32)c1. The minimum atomic E-state index is -3.29. The summed E-state index contributed by atoms with van der Waals surface area (Å²) in [6.07, 6.45) is 1.98. The number of carbonyl (C=O) groups is 1. The predicted molar refractivity (Wildman–Crippen MR) is 87.5 cm³/mol. The third kappa shape index (κ3) is 3.37. The van der Waals surface area contributed by atoms with Gasteiger partial charge >= 0.3 is 0 Å². The molecule has 3 rings (SSSR count). The Hall–Kier alpha value is -2.34. The molecule has 6 heteroatoms. The Bertz CT molecular complexity index is 845. The molecule has 0 atom stereocenters. The zero-order chi connectivity index (χ0) is 16.4. The van der Waals surface area contributed by atoms with Crippen LogP contribution in [0, 0.1) is 0 Å². The molecule has 0 spiro atoms. The monoisotopic (exact) mass is 331 g/mol. The quantitative estimate of drug-likeness (QED) is 0.860. The molecule has 1 aliphatic rings. The first-order chi connectivity index (χ1) is 10.9. The van der Waals surface area contributed by atoms with Gasteiger partial charge in [-0.3, -0.25) is 4.79 Å². The molecule has 2 aromatic carbocycles. The highest BCUT2D eigenvalue weighted by Crippen LogP contribution is 2.27. The van der Waals surface area contributed by atoms with E-state index in [1.807, 2.05) is 24.3 Å². The Balaban J connectivity index is 1.69. The van der Waals surface area contributed by atoms with Crippen LogP contribution in [0.15, 0.2) is 53.4 Å². The molecular formula is C17H17NO4S. The number of para-hydroxylation sites is 1. The van der Waals surface area contributed by atoms with Crippen molar-refractivity contribution in [1.82, 2.24) is 0 Å². The fourth-order valence-corrected chi connectivity index (χ4v) is 3.27. The second kappa shape index (κ2) is 6.04. The lowest BCUT2D eigenvalue weighted by Gasteiger charge is -2.17. The Labute approximate surface area is 135 Å². The summed E-state index contributed by atoms with van der Waals surface area (Å²) in [7, 11) is -3.29. The number of benzene rings is 2. The first kappa shape index (κ1) is 15.6. The lowest BCUT2D eigenvalue weighted by atomic mass is 10.2. The van der Waals surface area contributed by atoms with E-state index < -0.39 is 9.84 Å². The van der Waals surface area contributed by atoms with Crippen LogP contribution in [-0.4, -0.2) is 33.7 Å². The second-order valence-electron chi connectivity index (χ2n) is 5.46. The van der Waals surface area contributed by atoms with Crippen molar-refractivity contribution in [2.45, 2.75) is 11.3 Å². The van der Waals surface area contributed by atoms with Crippen LogP contribution in [0.25, 0.3) is 0 Å². The molecule has 1 amide bonds. The van der Waals surface area contributed by atoms with Crippen LogP contribution < -0.4 is 9.64 Å². The largest absolute Gasteiger partial charge is 0.484 e. The highest BCUT2D eigenvalue weighted by Gasteiger charge is 2.24. The highest BCUT2D eigenvalue weighted by atomic mass is 32.2. The maximum absolute atomic E-state index is 12.3. The standard InChI is InChI=1S/C17H17NO4S/c1-23(20,21)15-7-4-6-14(11-15)22-12-17(19)18-10-9-13-5-2-3-8-16(13)18/h2-8,11H,9-10,12H2,1H3. The van der Waals surface area contributed by atoms with Gasteiger partial charge in [-0.05, 0) is 36.2 Å². The Morgan fingerprint density at radius 3 is 2.74 bits per heavy atom. The average molecular weight is 331 g/mol. The third-order valence-electron chi connectivity index (χ3n) is 3.78. The van der Waals surface area contributed by atoms with Gasteiger partial charge in [0.2, 0.25) is 0 Å². The van der Waals surface area contributed by atoms with Gasteiger partial charge in [0, 0.05) is 18.5 Å². The molecule has 0 saturated heterocycles. The number of sulfone groups is 1. The van der Waals surface area contributed by atoms with Gasteiger partial charge in [0.05, 0.1) is 4.90 Å². The zero-order valence-electron chi connectivity index (χ0n) is 12.7. The van der Waals surface area contributed by atoms with E-state index in [0.717, 1.165) is 23.9 Å². The fourth-order valence-electron chi connectivity index (χ4n) is 2.61. The molecule has 0 saturated carbocycles. The zero-order valence-corrected chi connectivity index (χ0v) is 13.5. The molecule has 0 radical (unpaired) electrons. The van der Waals surface area contributed by atoms with Crippen molar-refractivity contribution in [3.05, 3.63) is 54.1 Å². The van der Waals surface area contributed by atoms with E-state index in [1.54, 1.807) is 17.0 Å². The number of carbonyl (C=O) groups excluding carboxylic acids is 1. The second-order valence-corrected chi connectivity index (χ2v) is 7.48. The molecular weight excluding hydrogens is 314 g/mol. The van der Waals surface area contributed by atoms with Crippen molar-refractivity contribution in [2.24, 2.45) is 0 Å². The van der Waals surface area contributed by atoms with Gasteiger partial charge < -0.3 is 9.64 Å². The van der Waals surface area contributed by atoms with E-state index in [9.17, 15) is 13.2 Å². The lowest BCUT2D eigenvalue weighted by Crippen LogP contribution is -2.33. The molecule has 1 heterocycles. The molecule has 5 nitrogen and oxygen atoms in total. The molecule has 0 fully saturated rings. The molecule has 120 valence electrons. The molecule has 23 heavy (non-hydrogen) atoms. The summed E-state index contributed by atoms with van der Waals surface area (Å²) >= 11 is 0. The molecule has 0 aromatic heterocycles. The van der Waals surface area contributed by atoms with Gasteiger partial charge in [-0.15, -0.1) is 0 Å². The van der Waals surface area contributed by atoms with E-state index in [0.29, 0.717) is 12.3 Å². The van der Waals surface area contributed by atoms with Gasteiger partial charge in [-0.25, -0.2) is 8.42 Å². The summed E-state index contributed by atoms with van der Waals surface area (Å²) in [5.41, 5.74) is 2.07. The number of nitrogens with zero attached hydrogens (tertiary/aromatic N) is 1. The Morgan fingerprint density at radius 2 is 1.96 bits per heavy atom. The summed E-state index contributed by atoms with van der Waals surface area (Å²) in [6, 6.07) is 14.0. The minimum Gasteiger partial charge on any atom is -0.484 e. The molecule has 2 aromatic rings. The van der Waals surface area contributed by atoms with E-state index in [1.165, 1.54) is 12.1 Å². The van der Waals surface area contributed by atoms with Crippen LogP contribution in [0.5, 0.6) is 5.75 Å². The van der Waals surface area contributed by atoms with Crippen molar-refractivity contribution in [3.8, 4) is 5.75 Å². The van der Waals surface area contributed by atoms with Crippen LogP contribution in [0.4, 0.5) is 5.69 Å². The lowest BCUT2D eigenvalue weighted by molar-refractivity contribution is -0.120. The summed E-state index contributed by atoms with van der Waals surface area (Å²) in [5, 5.41) is 0. The number of rotatable bonds is 4. The number of amides is 1. The third-order valence-corrected chi connectivity index (χ3v) is 4.89. The first-order valence-corrected chi connectivity index (χ1v) is 9.15. The normalized spacial score (nSPS) is 13.7. The minimum absolute atomic E-state index is 0.123. The van der Waals surface area contributed by atoms with E-state index >= 15 is 0 Å². The van der Waals surface area contributed by atoms with Crippen LogP contribution in [0.2, 0.25) is 0 Å². The Morgan fingerprint density at radius 1 is 1.17 bits per heavy atom. The van der Waals surface area contributed by atoms with E-state index in [2.05, 4.69) is 0 Å². The van der Waals surface area contributed by atoms with Crippen molar-refractivity contribution < 1.29 is 17.9 Å². The fraction of sp³-hybridized carbons (Fsp3) is 0.235. The van der Waals surface area contributed by atoms with Crippen molar-refractivity contribution in [2.75, 3.05) is 24.3 Å². The van der Waals surface area contributed by atoms with Crippen molar-refractivity contribution in [1.29, 1.82) is 0 Å². The van der Waals surface area contributed by atoms with Crippen molar-refractivity contribution >= 4 is 21.4 Å². The molecule has 0 unspecified atom stereocenters. The Kier molecular flexibility index (Phi) is 4.09. The van der Waals surface area contributed by atoms with Gasteiger partial charge in [0.1, 0.15) is 5.75 Å². The number of hydrogen-bond acceptors (Lipinski definition) is 4. The maximum Gasteiger partial charge on any atom is 0.264 e. The number of anilines is 1. The van der Waals surface area contributed by atoms with E-state index in [4.69, 9.17) is 4.74 Å². The summed E-state index contributed by atoms with van der Waals surface area (Å²) in [5.74, 6) is 0.230. The maximum atomic E-state index is 12.3. The summed E-state index contributed by atoms with van der Waals surface area (Å²) in [4.78, 5) is 14.2. The number of fused-ring (bicyclic) bond motifs is 1. The number of ether oxygens (including phenoxy) is 1. The highest BCUT2D eigenvalue weighted by molar-refractivity contribution is 7.90. The van der Waals surface area contributed by atoms with Crippen LogP contribution >= 0.6 is 0 Å². The number of hydrogen-bond donors (Lipinski definition) is 0.